The van der Waals surface area contributed by atoms with Gasteiger partial charge < -0.3 is 9.64 Å². The maximum absolute atomic E-state index is 12.4. The summed E-state index contributed by atoms with van der Waals surface area (Å²) in [5, 5.41) is 1.87. The van der Waals surface area contributed by atoms with E-state index in [1.165, 1.54) is 11.3 Å². The number of nitrogens with zero attached hydrogens (tertiary/aromatic N) is 2. The van der Waals surface area contributed by atoms with Gasteiger partial charge in [-0.05, 0) is 36.4 Å². The fraction of sp³-hybridized carbons (Fsp3) is 0.333. The lowest BCUT2D eigenvalue weighted by Crippen LogP contribution is -2.41. The molecule has 2 aliphatic heterocycles. The van der Waals surface area contributed by atoms with Crippen LogP contribution in [0, 0.1) is 5.92 Å². The van der Waals surface area contributed by atoms with Crippen LogP contribution in [0.25, 0.3) is 0 Å². The summed E-state index contributed by atoms with van der Waals surface area (Å²) >= 11 is 1.41. The average molecular weight is 412 g/mol. The summed E-state index contributed by atoms with van der Waals surface area (Å²) in [4.78, 5) is 52.9. The molecule has 0 unspecified atom stereocenters. The molecule has 1 fully saturated rings. The van der Waals surface area contributed by atoms with Crippen LogP contribution < -0.4 is 0 Å². The van der Waals surface area contributed by atoms with Gasteiger partial charge in [0.15, 0.2) is 0 Å². The number of ether oxygens (including phenoxy) is 1. The Morgan fingerprint density at radius 3 is 2.24 bits per heavy atom. The first-order chi connectivity index (χ1) is 14.1. The third-order valence-corrected chi connectivity index (χ3v) is 6.14. The number of rotatable bonds is 5. The molecule has 0 N–H and O–H groups in total. The minimum Gasteiger partial charge on any atom is -0.464 e. The predicted molar refractivity (Wildman–Crippen MR) is 106 cm³/mol. The van der Waals surface area contributed by atoms with Gasteiger partial charge in [-0.2, -0.15) is 0 Å². The van der Waals surface area contributed by atoms with Crippen molar-refractivity contribution in [2.75, 3.05) is 26.2 Å². The maximum atomic E-state index is 12.4. The lowest BCUT2D eigenvalue weighted by atomic mass is 9.97. The van der Waals surface area contributed by atoms with E-state index in [4.69, 9.17) is 4.74 Å². The normalized spacial score (nSPS) is 16.8. The van der Waals surface area contributed by atoms with Crippen molar-refractivity contribution in [2.24, 2.45) is 5.92 Å². The van der Waals surface area contributed by atoms with Crippen molar-refractivity contribution in [3.63, 3.8) is 0 Å². The first-order valence-electron chi connectivity index (χ1n) is 9.51. The van der Waals surface area contributed by atoms with Gasteiger partial charge >= 0.3 is 5.97 Å². The number of likely N-dealkylation sites (tertiary alicyclic amines) is 1. The molecule has 3 amide bonds. The Balaban J connectivity index is 1.24. The van der Waals surface area contributed by atoms with Crippen LogP contribution in [0.5, 0.6) is 0 Å². The zero-order valence-electron chi connectivity index (χ0n) is 15.7. The van der Waals surface area contributed by atoms with Crippen molar-refractivity contribution in [3.8, 4) is 0 Å². The Bertz CT molecular complexity index is 913. The number of hydrogen-bond donors (Lipinski definition) is 0. The molecular weight excluding hydrogens is 392 g/mol. The topological polar surface area (TPSA) is 84.0 Å². The van der Waals surface area contributed by atoms with E-state index in [2.05, 4.69) is 0 Å². The molecule has 150 valence electrons. The van der Waals surface area contributed by atoms with Crippen molar-refractivity contribution < 1.29 is 23.9 Å². The summed E-state index contributed by atoms with van der Waals surface area (Å²) in [5.41, 5.74) is 0.762. The van der Waals surface area contributed by atoms with Gasteiger partial charge in [-0.25, -0.2) is 0 Å². The monoisotopic (exact) mass is 412 g/mol. The highest BCUT2D eigenvalue weighted by Crippen LogP contribution is 2.23. The average Bonchev–Trinajstić information content (AvgIpc) is 3.37. The molecule has 29 heavy (non-hydrogen) atoms. The first-order valence-corrected chi connectivity index (χ1v) is 10.4. The van der Waals surface area contributed by atoms with Crippen molar-refractivity contribution in [1.29, 1.82) is 0 Å². The molecule has 7 nitrogen and oxygen atoms in total. The summed E-state index contributed by atoms with van der Waals surface area (Å²) in [7, 11) is 0. The van der Waals surface area contributed by atoms with Crippen molar-refractivity contribution in [1.82, 2.24) is 9.80 Å². The molecule has 2 aliphatic rings. The third-order valence-electron chi connectivity index (χ3n) is 5.28. The summed E-state index contributed by atoms with van der Waals surface area (Å²) < 4.78 is 5.32. The number of carbonyl (C=O) groups excluding carboxylic acids is 4. The number of hydrogen-bond acceptors (Lipinski definition) is 6. The van der Waals surface area contributed by atoms with E-state index in [0.29, 0.717) is 41.9 Å². The van der Waals surface area contributed by atoms with Crippen molar-refractivity contribution >= 4 is 35.0 Å². The van der Waals surface area contributed by atoms with Crippen LogP contribution in [0.1, 0.15) is 43.2 Å². The molecule has 3 heterocycles. The van der Waals surface area contributed by atoms with E-state index in [1.807, 2.05) is 11.4 Å². The van der Waals surface area contributed by atoms with Crippen molar-refractivity contribution in [3.05, 3.63) is 57.8 Å². The van der Waals surface area contributed by atoms with Crippen LogP contribution in [0.4, 0.5) is 0 Å². The van der Waals surface area contributed by atoms with Crippen LogP contribution in [0.15, 0.2) is 41.8 Å². The Labute approximate surface area is 171 Å². The SMILES string of the molecule is O=C(OCCN1C(=O)c2ccccc2C1=O)C1CCN(C(=O)c2cccs2)CC1. The van der Waals surface area contributed by atoms with Crippen LogP contribution in [-0.2, 0) is 9.53 Å². The van der Waals surface area contributed by atoms with Crippen molar-refractivity contribution in [2.45, 2.75) is 12.8 Å². The number of esters is 1. The lowest BCUT2D eigenvalue weighted by Gasteiger charge is -2.30. The number of carbonyl (C=O) groups is 4. The predicted octanol–water partition coefficient (Wildman–Crippen LogP) is 2.44. The number of thiophene rings is 1. The van der Waals surface area contributed by atoms with Gasteiger partial charge in [0.1, 0.15) is 6.61 Å². The van der Waals surface area contributed by atoms with E-state index in [-0.39, 0.29) is 42.8 Å². The lowest BCUT2D eigenvalue weighted by molar-refractivity contribution is -0.150. The second kappa shape index (κ2) is 8.16. The molecule has 1 aromatic heterocycles. The molecule has 0 aliphatic carbocycles. The van der Waals surface area contributed by atoms with E-state index < -0.39 is 0 Å². The molecule has 0 bridgehead atoms. The molecular formula is C21H20N2O5S. The third kappa shape index (κ3) is 3.80. The second-order valence-corrected chi connectivity index (χ2v) is 7.97. The molecule has 1 saturated heterocycles. The minimum absolute atomic E-state index is 0.00237. The standard InChI is InChI=1S/C21H20N2O5S/c24-18-15-4-1-2-5-16(15)19(25)23(18)11-12-28-21(27)14-7-9-22(10-8-14)20(26)17-6-3-13-29-17/h1-6,13-14H,7-12H2. The highest BCUT2D eigenvalue weighted by atomic mass is 32.1. The Kier molecular flexibility index (Phi) is 5.44. The Morgan fingerprint density at radius 1 is 1.00 bits per heavy atom. The number of amides is 3. The van der Waals surface area contributed by atoms with E-state index in [1.54, 1.807) is 35.2 Å². The molecule has 2 aromatic rings. The highest BCUT2D eigenvalue weighted by molar-refractivity contribution is 7.12. The van der Waals surface area contributed by atoms with Crippen LogP contribution in [-0.4, -0.2) is 59.7 Å². The molecule has 8 heteroatoms. The van der Waals surface area contributed by atoms with Gasteiger partial charge in [-0.3, -0.25) is 24.1 Å². The zero-order valence-corrected chi connectivity index (χ0v) is 16.5. The van der Waals surface area contributed by atoms with Gasteiger partial charge in [0, 0.05) is 13.1 Å². The first kappa shape index (κ1) is 19.3. The summed E-state index contributed by atoms with van der Waals surface area (Å²) in [6.45, 7) is 1.02. The van der Waals surface area contributed by atoms with E-state index in [0.717, 1.165) is 4.90 Å². The molecule has 0 radical (unpaired) electrons. The molecule has 0 atom stereocenters. The minimum atomic E-state index is -0.359. The number of benzene rings is 1. The van der Waals surface area contributed by atoms with E-state index in [9.17, 15) is 19.2 Å². The molecule has 0 saturated carbocycles. The molecule has 4 rings (SSSR count). The van der Waals surface area contributed by atoms with Gasteiger partial charge in [-0.15, -0.1) is 11.3 Å². The Morgan fingerprint density at radius 2 is 1.66 bits per heavy atom. The van der Waals surface area contributed by atoms with Gasteiger partial charge in [0.2, 0.25) is 0 Å². The molecule has 1 aromatic carbocycles. The maximum Gasteiger partial charge on any atom is 0.309 e. The fourth-order valence-electron chi connectivity index (χ4n) is 3.67. The van der Waals surface area contributed by atoms with Gasteiger partial charge in [-0.1, -0.05) is 18.2 Å². The summed E-state index contributed by atoms with van der Waals surface area (Å²) in [5.74, 6) is -1.34. The highest BCUT2D eigenvalue weighted by Gasteiger charge is 2.35. The zero-order chi connectivity index (χ0) is 20.4. The smallest absolute Gasteiger partial charge is 0.309 e. The van der Waals surface area contributed by atoms with Crippen LogP contribution >= 0.6 is 11.3 Å². The number of piperidine rings is 1. The second-order valence-electron chi connectivity index (χ2n) is 7.02. The number of imide groups is 1. The van der Waals surface area contributed by atoms with Crippen LogP contribution in [0.2, 0.25) is 0 Å². The quantitative estimate of drug-likeness (QED) is 0.556. The van der Waals surface area contributed by atoms with E-state index >= 15 is 0 Å². The summed E-state index contributed by atoms with van der Waals surface area (Å²) in [6, 6.07) is 10.3. The Hall–Kier alpha value is -3.00. The van der Waals surface area contributed by atoms with Crippen LogP contribution in [0.3, 0.4) is 0 Å². The number of fused-ring (bicyclic) bond motifs is 1. The fourth-order valence-corrected chi connectivity index (χ4v) is 4.36. The molecule has 0 spiro atoms. The largest absolute Gasteiger partial charge is 0.464 e. The van der Waals surface area contributed by atoms with Gasteiger partial charge in [0.05, 0.1) is 28.5 Å². The van der Waals surface area contributed by atoms with Gasteiger partial charge in [0.25, 0.3) is 17.7 Å². The summed E-state index contributed by atoms with van der Waals surface area (Å²) in [6.07, 6.45) is 1.09.